The Morgan fingerprint density at radius 1 is 1.29 bits per heavy atom. The Labute approximate surface area is 126 Å². The zero-order valence-electron chi connectivity index (χ0n) is 13.0. The van der Waals surface area contributed by atoms with Crippen molar-refractivity contribution in [3.05, 3.63) is 35.9 Å². The van der Waals surface area contributed by atoms with Crippen LogP contribution in [0.3, 0.4) is 0 Å². The minimum atomic E-state index is -0.495. The van der Waals surface area contributed by atoms with Crippen molar-refractivity contribution in [1.29, 1.82) is 0 Å². The molecule has 1 fully saturated rings. The predicted molar refractivity (Wildman–Crippen MR) is 82.0 cm³/mol. The zero-order chi connectivity index (χ0) is 15.5. The Morgan fingerprint density at radius 3 is 2.57 bits per heavy atom. The predicted octanol–water partition coefficient (Wildman–Crippen LogP) is 2.89. The third kappa shape index (κ3) is 5.05. The van der Waals surface area contributed by atoms with Gasteiger partial charge in [0.05, 0.1) is 6.10 Å². The van der Waals surface area contributed by atoms with Crippen molar-refractivity contribution in [3.8, 4) is 0 Å². The van der Waals surface area contributed by atoms with Crippen LogP contribution in [0, 0.1) is 5.92 Å². The smallest absolute Gasteiger partial charge is 0.407 e. The van der Waals surface area contributed by atoms with Crippen molar-refractivity contribution in [2.24, 2.45) is 5.92 Å². The Bertz CT molecular complexity index is 467. The molecular formula is C17H25NO3. The topological polar surface area (TPSA) is 58.6 Å². The van der Waals surface area contributed by atoms with Crippen LogP contribution >= 0.6 is 0 Å². The van der Waals surface area contributed by atoms with E-state index in [1.807, 2.05) is 39.0 Å². The second-order valence-corrected chi connectivity index (χ2v) is 6.83. The number of hydrogen-bond acceptors (Lipinski definition) is 3. The third-order valence-electron chi connectivity index (χ3n) is 3.72. The molecule has 21 heavy (non-hydrogen) atoms. The molecular weight excluding hydrogens is 266 g/mol. The number of aliphatic hydroxyl groups excluding tert-OH is 1. The van der Waals surface area contributed by atoms with Crippen LogP contribution in [0.4, 0.5) is 4.79 Å². The Morgan fingerprint density at radius 2 is 1.95 bits per heavy atom. The van der Waals surface area contributed by atoms with Gasteiger partial charge in [0, 0.05) is 6.04 Å². The Balaban J connectivity index is 1.85. The van der Waals surface area contributed by atoms with Crippen LogP contribution in [-0.4, -0.2) is 28.9 Å². The van der Waals surface area contributed by atoms with Crippen LogP contribution < -0.4 is 5.32 Å². The molecule has 4 nitrogen and oxygen atoms in total. The van der Waals surface area contributed by atoms with E-state index in [0.717, 1.165) is 12.8 Å². The Kier molecular flexibility index (Phi) is 4.88. The number of carbonyl (C=O) groups is 1. The maximum atomic E-state index is 11.8. The van der Waals surface area contributed by atoms with Crippen molar-refractivity contribution >= 4 is 6.09 Å². The molecule has 4 heteroatoms. The van der Waals surface area contributed by atoms with Gasteiger partial charge < -0.3 is 15.2 Å². The minimum Gasteiger partial charge on any atom is -0.444 e. The quantitative estimate of drug-likeness (QED) is 0.900. The summed E-state index contributed by atoms with van der Waals surface area (Å²) in [5.41, 5.74) is 0.726. The summed E-state index contributed by atoms with van der Waals surface area (Å²) >= 11 is 0. The minimum absolute atomic E-state index is 0.0106. The molecule has 1 aromatic carbocycles. The third-order valence-corrected chi connectivity index (χ3v) is 3.72. The maximum Gasteiger partial charge on any atom is 0.407 e. The highest BCUT2D eigenvalue weighted by molar-refractivity contribution is 5.68. The molecule has 1 saturated carbocycles. The van der Waals surface area contributed by atoms with Crippen LogP contribution in [0.2, 0.25) is 0 Å². The largest absolute Gasteiger partial charge is 0.444 e. The van der Waals surface area contributed by atoms with Crippen LogP contribution in [0.25, 0.3) is 0 Å². The van der Waals surface area contributed by atoms with E-state index < -0.39 is 11.7 Å². The molecule has 0 heterocycles. The first kappa shape index (κ1) is 15.8. The molecule has 0 aromatic heterocycles. The van der Waals surface area contributed by atoms with Gasteiger partial charge in [0.2, 0.25) is 0 Å². The molecule has 2 N–H and O–H groups in total. The summed E-state index contributed by atoms with van der Waals surface area (Å²) in [5, 5.41) is 13.0. The van der Waals surface area contributed by atoms with E-state index in [-0.39, 0.29) is 18.1 Å². The van der Waals surface area contributed by atoms with Crippen LogP contribution in [0.15, 0.2) is 30.3 Å². The average molecular weight is 291 g/mol. The highest BCUT2D eigenvalue weighted by Crippen LogP contribution is 2.29. The van der Waals surface area contributed by atoms with E-state index in [2.05, 4.69) is 17.4 Å². The van der Waals surface area contributed by atoms with Crippen molar-refractivity contribution in [3.63, 3.8) is 0 Å². The van der Waals surface area contributed by atoms with E-state index in [9.17, 15) is 9.90 Å². The molecule has 1 amide bonds. The summed E-state index contributed by atoms with van der Waals surface area (Å²) in [6.07, 6.45) is 1.45. The molecule has 0 aliphatic heterocycles. The lowest BCUT2D eigenvalue weighted by Gasteiger charge is -2.21. The second kappa shape index (κ2) is 6.48. The molecule has 2 rings (SSSR count). The number of alkyl carbamates (subject to hydrolysis) is 1. The molecule has 0 unspecified atom stereocenters. The number of amides is 1. The van der Waals surface area contributed by atoms with Gasteiger partial charge in [-0.15, -0.1) is 0 Å². The molecule has 0 spiro atoms. The summed E-state index contributed by atoms with van der Waals surface area (Å²) in [6.45, 7) is 5.52. The van der Waals surface area contributed by atoms with E-state index in [4.69, 9.17) is 4.74 Å². The number of rotatable bonds is 3. The van der Waals surface area contributed by atoms with Gasteiger partial charge in [-0.05, 0) is 51.5 Å². The normalized spacial score (nSPS) is 25.6. The van der Waals surface area contributed by atoms with Gasteiger partial charge in [-0.1, -0.05) is 30.3 Å². The first-order chi connectivity index (χ1) is 9.83. The van der Waals surface area contributed by atoms with Crippen LogP contribution in [0.5, 0.6) is 0 Å². The average Bonchev–Trinajstić information content (AvgIpc) is 2.68. The molecule has 1 aromatic rings. The zero-order valence-corrected chi connectivity index (χ0v) is 13.0. The van der Waals surface area contributed by atoms with E-state index in [0.29, 0.717) is 6.42 Å². The summed E-state index contributed by atoms with van der Waals surface area (Å²) in [6, 6.07) is 10.1. The van der Waals surface area contributed by atoms with Crippen molar-refractivity contribution in [1.82, 2.24) is 5.32 Å². The SMILES string of the molecule is CC(C)(C)OC(=O)N[C@H]1C[C@H](Cc2ccccc2)[C@@H](O)C1. The lowest BCUT2D eigenvalue weighted by atomic mass is 9.96. The highest BCUT2D eigenvalue weighted by atomic mass is 16.6. The monoisotopic (exact) mass is 291 g/mol. The lowest BCUT2D eigenvalue weighted by molar-refractivity contribution is 0.0502. The Hall–Kier alpha value is -1.55. The van der Waals surface area contributed by atoms with E-state index >= 15 is 0 Å². The maximum absolute atomic E-state index is 11.8. The summed E-state index contributed by atoms with van der Waals surface area (Å²) < 4.78 is 5.26. The number of nitrogens with one attached hydrogen (secondary N) is 1. The number of aliphatic hydroxyl groups is 1. The van der Waals surface area contributed by atoms with E-state index in [1.165, 1.54) is 5.56 Å². The molecule has 116 valence electrons. The molecule has 3 atom stereocenters. The fourth-order valence-corrected chi connectivity index (χ4v) is 2.83. The lowest BCUT2D eigenvalue weighted by Crippen LogP contribution is -2.38. The fourth-order valence-electron chi connectivity index (χ4n) is 2.83. The summed E-state index contributed by atoms with van der Waals surface area (Å²) in [7, 11) is 0. The van der Waals surface area contributed by atoms with Crippen molar-refractivity contribution in [2.75, 3.05) is 0 Å². The van der Waals surface area contributed by atoms with Gasteiger partial charge in [0.25, 0.3) is 0 Å². The van der Waals surface area contributed by atoms with Gasteiger partial charge in [-0.25, -0.2) is 4.79 Å². The number of benzene rings is 1. The summed E-state index contributed by atoms with van der Waals surface area (Å²) in [5.74, 6) is 0.187. The van der Waals surface area contributed by atoms with Crippen molar-refractivity contribution < 1.29 is 14.6 Å². The first-order valence-corrected chi connectivity index (χ1v) is 7.55. The number of carbonyl (C=O) groups excluding carboxylic acids is 1. The van der Waals surface area contributed by atoms with Crippen LogP contribution in [-0.2, 0) is 11.2 Å². The second-order valence-electron chi connectivity index (χ2n) is 6.83. The van der Waals surface area contributed by atoms with Gasteiger partial charge >= 0.3 is 6.09 Å². The van der Waals surface area contributed by atoms with Gasteiger partial charge in [-0.3, -0.25) is 0 Å². The van der Waals surface area contributed by atoms with E-state index in [1.54, 1.807) is 0 Å². The van der Waals surface area contributed by atoms with Crippen LogP contribution in [0.1, 0.15) is 39.2 Å². The summed E-state index contributed by atoms with van der Waals surface area (Å²) in [4.78, 5) is 11.8. The molecule has 0 radical (unpaired) electrons. The van der Waals surface area contributed by atoms with Gasteiger partial charge in [0.15, 0.2) is 0 Å². The number of ether oxygens (including phenoxy) is 1. The van der Waals surface area contributed by atoms with Gasteiger partial charge in [0.1, 0.15) is 5.60 Å². The fraction of sp³-hybridized carbons (Fsp3) is 0.588. The van der Waals surface area contributed by atoms with Gasteiger partial charge in [-0.2, -0.15) is 0 Å². The van der Waals surface area contributed by atoms with Crippen molar-refractivity contribution in [2.45, 2.75) is 57.8 Å². The molecule has 0 saturated heterocycles. The number of hydrogen-bond donors (Lipinski definition) is 2. The standard InChI is InChI=1S/C17H25NO3/c1-17(2,3)21-16(20)18-14-10-13(15(19)11-14)9-12-7-5-4-6-8-12/h4-8,13-15,19H,9-11H2,1-3H3,(H,18,20)/t13-,14-,15-/m0/s1. The first-order valence-electron chi connectivity index (χ1n) is 7.55. The molecule has 0 bridgehead atoms. The highest BCUT2D eigenvalue weighted by Gasteiger charge is 2.34. The molecule has 1 aliphatic rings. The molecule has 1 aliphatic carbocycles.